The Morgan fingerprint density at radius 3 is 1.42 bits per heavy atom. The third-order valence-corrected chi connectivity index (χ3v) is 22.0. The summed E-state index contributed by atoms with van der Waals surface area (Å²) >= 11 is 5.30. The minimum absolute atomic E-state index is 0.0485. The number of hydrogen-bond acceptors (Lipinski definition) is 5. The summed E-state index contributed by atoms with van der Waals surface area (Å²) < 4.78 is 4.89. The summed E-state index contributed by atoms with van der Waals surface area (Å²) in [5.41, 5.74) is 3.88. The van der Waals surface area contributed by atoms with Gasteiger partial charge in [0.15, 0.2) is 0 Å². The van der Waals surface area contributed by atoms with Crippen LogP contribution in [0.25, 0.3) is 70.8 Å². The van der Waals surface area contributed by atoms with E-state index in [0.717, 1.165) is 31.5 Å². The number of amides is 2. The first-order chi connectivity index (χ1) is 34.8. The fourth-order valence-electron chi connectivity index (χ4n) is 11.3. The van der Waals surface area contributed by atoms with E-state index in [2.05, 4.69) is 113 Å². The second-order valence-electron chi connectivity index (χ2n) is 21.0. The van der Waals surface area contributed by atoms with Crippen molar-refractivity contribution in [3.63, 3.8) is 0 Å². The van der Waals surface area contributed by atoms with Gasteiger partial charge in [0.2, 0.25) is 0 Å². The molecule has 0 fully saturated rings. The van der Waals surface area contributed by atoms with Gasteiger partial charge >= 0.3 is 313 Å². The molecule has 0 saturated carbocycles. The maximum atomic E-state index is 14.9. The van der Waals surface area contributed by atoms with E-state index in [-0.39, 0.29) is 26.3 Å². The molecular formula is C64H77NO2S3Se. The van der Waals surface area contributed by atoms with E-state index in [4.69, 9.17) is 0 Å². The van der Waals surface area contributed by atoms with Crippen molar-refractivity contribution in [2.24, 2.45) is 5.92 Å². The van der Waals surface area contributed by atoms with E-state index in [1.807, 2.05) is 11.3 Å². The fraction of sp³-hybridized carbons (Fsp3) is 0.469. The Morgan fingerprint density at radius 1 is 0.451 bits per heavy atom. The van der Waals surface area contributed by atoms with E-state index in [1.165, 1.54) is 204 Å². The van der Waals surface area contributed by atoms with Gasteiger partial charge in [-0.1, -0.05) is 121 Å². The van der Waals surface area contributed by atoms with Gasteiger partial charge in [0.05, 0.1) is 0 Å². The topological polar surface area (TPSA) is 37.4 Å². The molecule has 0 aliphatic carbocycles. The van der Waals surface area contributed by atoms with Crippen molar-refractivity contribution < 1.29 is 9.59 Å². The maximum absolute atomic E-state index is 14.9. The van der Waals surface area contributed by atoms with Gasteiger partial charge in [-0.05, 0) is 12.3 Å². The summed E-state index contributed by atoms with van der Waals surface area (Å²) in [5.74, 6) is 0.247. The molecule has 4 aromatic carbocycles. The number of carbonyl (C=O) groups is 2. The van der Waals surface area contributed by atoms with Crippen LogP contribution in [-0.2, 0) is 0 Å². The van der Waals surface area contributed by atoms with Gasteiger partial charge < -0.3 is 0 Å². The van der Waals surface area contributed by atoms with Crippen LogP contribution in [0.3, 0.4) is 0 Å². The van der Waals surface area contributed by atoms with Gasteiger partial charge in [-0.25, -0.2) is 0 Å². The van der Waals surface area contributed by atoms with E-state index in [0.29, 0.717) is 23.6 Å². The number of rotatable bonds is 29. The molecule has 3 nitrogen and oxygen atoms in total. The van der Waals surface area contributed by atoms with Gasteiger partial charge in [0.1, 0.15) is 0 Å². The molecule has 2 amide bonds. The molecule has 0 saturated heterocycles. The molecule has 4 aromatic heterocycles. The van der Waals surface area contributed by atoms with Gasteiger partial charge in [-0.15, -0.1) is 0 Å². The van der Waals surface area contributed by atoms with Crippen LogP contribution in [0.15, 0.2) is 84.9 Å². The van der Waals surface area contributed by atoms with E-state index < -0.39 is 0 Å². The number of benzene rings is 4. The molecule has 0 N–H and O–H groups in total. The molecule has 1 unspecified atom stereocenters. The molecule has 7 heteroatoms. The summed E-state index contributed by atoms with van der Waals surface area (Å²) in [6, 6.07) is 31.7. The Balaban J connectivity index is 0.910. The molecule has 9 rings (SSSR count). The third-order valence-electron chi connectivity index (χ3n) is 15.4. The first-order valence-corrected chi connectivity index (χ1v) is 32.0. The number of thiophene rings is 3. The summed E-state index contributed by atoms with van der Waals surface area (Å²) in [6.45, 7) is 9.44. The number of carbonyl (C=O) groups excluding carboxylic acids is 2. The van der Waals surface area contributed by atoms with E-state index in [9.17, 15) is 9.59 Å². The molecule has 1 aliphatic rings. The van der Waals surface area contributed by atoms with Crippen molar-refractivity contribution in [1.29, 1.82) is 0 Å². The Labute approximate surface area is 443 Å². The predicted molar refractivity (Wildman–Crippen MR) is 314 cm³/mol. The number of unbranched alkanes of at least 4 members (excludes halogenated alkanes) is 20. The summed E-state index contributed by atoms with van der Waals surface area (Å²) in [7, 11) is 0. The van der Waals surface area contributed by atoms with Crippen molar-refractivity contribution in [2.75, 3.05) is 6.54 Å². The average Bonchev–Trinajstić information content (AvgIpc) is 4.23. The van der Waals surface area contributed by atoms with Crippen LogP contribution in [-0.4, -0.2) is 37.8 Å². The summed E-state index contributed by atoms with van der Waals surface area (Å²) in [5, 5.41) is 7.81. The molecule has 71 heavy (non-hydrogen) atoms. The number of aryl methyl sites for hydroxylation is 2. The van der Waals surface area contributed by atoms with Crippen molar-refractivity contribution in [1.82, 2.24) is 4.90 Å². The van der Waals surface area contributed by atoms with Crippen molar-refractivity contribution in [3.8, 4) is 29.1 Å². The zero-order valence-electron chi connectivity index (χ0n) is 43.2. The predicted octanol–water partition coefficient (Wildman–Crippen LogP) is 20.8. The van der Waals surface area contributed by atoms with Crippen LogP contribution in [0, 0.1) is 19.8 Å². The van der Waals surface area contributed by atoms with Gasteiger partial charge in [-0.3, -0.25) is 0 Å². The van der Waals surface area contributed by atoms with E-state index in [1.54, 1.807) is 27.6 Å². The Kier molecular flexibility index (Phi) is 18.6. The van der Waals surface area contributed by atoms with Crippen molar-refractivity contribution >= 4 is 102 Å². The number of hydrogen-bond donors (Lipinski definition) is 0. The fourth-order valence-corrected chi connectivity index (χ4v) is 17.7. The SMILES string of the molecule is CCCCCCCCCCCCCCC(CCCCCCCCCCCC)CN1C(=O)c2c(-c3ccc(C)s3)[se]c(-c3ccc(-c4ccc5c(ccc6c7ccc8cc(C)ccc8c7sc56)c4)s3)c2C1=O. The molecule has 1 atom stereocenters. The Morgan fingerprint density at radius 2 is 0.901 bits per heavy atom. The standard InChI is InChI=1S/C64H77NO2S3Se/c1-5-7-9-11-13-15-17-18-20-22-24-26-28-46(27-25-23-21-19-16-14-12-10-8-6-2)43-65-63(66)57-58(64(65)67)62(71-61(57)55-38-30-45(4)68-55)56-40-39-54(69-56)49-33-35-51-48(42-49)32-37-53-52-36-31-47-41-44(3)29-34-50(47)59(52)70-60(51)53/h29-42,46H,5-28,43H2,1-4H3. The van der Waals surface area contributed by atoms with Crippen LogP contribution in [0.1, 0.15) is 199 Å². The van der Waals surface area contributed by atoms with E-state index >= 15 is 0 Å². The normalized spacial score (nSPS) is 13.3. The van der Waals surface area contributed by atoms with Crippen LogP contribution < -0.4 is 0 Å². The van der Waals surface area contributed by atoms with Gasteiger partial charge in [0, 0.05) is 0 Å². The number of imide groups is 1. The molecule has 0 bridgehead atoms. The Hall–Kier alpha value is -3.84. The zero-order valence-corrected chi connectivity index (χ0v) is 47.4. The molecule has 374 valence electrons. The quantitative estimate of drug-likeness (QED) is 0.0266. The molecule has 0 radical (unpaired) electrons. The molecule has 0 spiro atoms. The first kappa shape index (κ1) is 52.0. The second-order valence-corrected chi connectivity index (χ2v) is 26.5. The monoisotopic (exact) mass is 1070 g/mol. The average molecular weight is 1070 g/mol. The first-order valence-electron chi connectivity index (χ1n) is 27.8. The molecule has 8 aromatic rings. The zero-order chi connectivity index (χ0) is 49.1. The van der Waals surface area contributed by atoms with Crippen molar-refractivity contribution in [2.45, 2.75) is 182 Å². The van der Waals surface area contributed by atoms with Crippen LogP contribution in [0.2, 0.25) is 0 Å². The second kappa shape index (κ2) is 25.4. The van der Waals surface area contributed by atoms with Gasteiger partial charge in [-0.2, -0.15) is 0 Å². The van der Waals surface area contributed by atoms with Crippen LogP contribution in [0.5, 0.6) is 0 Å². The molecule has 5 heterocycles. The van der Waals surface area contributed by atoms with Crippen LogP contribution in [0.4, 0.5) is 0 Å². The summed E-state index contributed by atoms with van der Waals surface area (Å²) in [4.78, 5) is 36.1. The minimum atomic E-state index is -0.148. The van der Waals surface area contributed by atoms with Crippen molar-refractivity contribution in [3.05, 3.63) is 106 Å². The van der Waals surface area contributed by atoms with Crippen LogP contribution >= 0.6 is 34.0 Å². The molecular weight excluding hydrogens is 990 g/mol. The third kappa shape index (κ3) is 12.4. The molecule has 1 aliphatic heterocycles. The number of nitrogens with zero attached hydrogens (tertiary/aromatic N) is 1. The summed E-state index contributed by atoms with van der Waals surface area (Å²) in [6.07, 6.45) is 31.5. The number of fused-ring (bicyclic) bond motifs is 8. The van der Waals surface area contributed by atoms with Gasteiger partial charge in [0.25, 0.3) is 0 Å². The Bertz CT molecular complexity index is 3050.